The summed E-state index contributed by atoms with van der Waals surface area (Å²) in [6.07, 6.45) is 1.46. The Bertz CT molecular complexity index is 1300. The van der Waals surface area contributed by atoms with E-state index in [1.54, 1.807) is 18.2 Å². The van der Waals surface area contributed by atoms with Crippen molar-refractivity contribution in [2.75, 3.05) is 36.5 Å². The third kappa shape index (κ3) is 5.45. The molecule has 5 rings (SSSR count). The summed E-state index contributed by atoms with van der Waals surface area (Å²) in [4.78, 5) is 28.3. The van der Waals surface area contributed by atoms with Crippen LogP contribution in [0.5, 0.6) is 0 Å². The van der Waals surface area contributed by atoms with E-state index in [0.717, 1.165) is 34.8 Å². The van der Waals surface area contributed by atoms with E-state index < -0.39 is 0 Å². The maximum atomic E-state index is 13.1. The van der Waals surface area contributed by atoms with Crippen molar-refractivity contribution in [1.82, 2.24) is 5.32 Å². The van der Waals surface area contributed by atoms with Crippen LogP contribution in [0.4, 0.5) is 10.7 Å². The van der Waals surface area contributed by atoms with Gasteiger partial charge in [0.25, 0.3) is 11.8 Å². The molecule has 1 saturated heterocycles. The normalized spacial score (nSPS) is 13.4. The van der Waals surface area contributed by atoms with E-state index in [2.05, 4.69) is 27.7 Å². The van der Waals surface area contributed by atoms with E-state index in [1.165, 1.54) is 17.6 Å². The second-order valence-electron chi connectivity index (χ2n) is 8.11. The maximum Gasteiger partial charge on any atom is 0.291 e. The topological polar surface area (TPSA) is 83.8 Å². The summed E-state index contributed by atoms with van der Waals surface area (Å²) < 4.78 is 10.7. The molecule has 7 nitrogen and oxygen atoms in total. The molecule has 0 atom stereocenters. The minimum Gasteiger partial charge on any atom is -0.459 e. The first-order valence-corrected chi connectivity index (χ1v) is 12.2. The Balaban J connectivity index is 1.29. The fourth-order valence-corrected chi connectivity index (χ4v) is 5.10. The van der Waals surface area contributed by atoms with Crippen molar-refractivity contribution < 1.29 is 18.7 Å². The van der Waals surface area contributed by atoms with Crippen LogP contribution in [0.25, 0.3) is 11.1 Å². The monoisotopic (exact) mass is 487 g/mol. The summed E-state index contributed by atoms with van der Waals surface area (Å²) in [7, 11) is 0. The largest absolute Gasteiger partial charge is 0.459 e. The van der Waals surface area contributed by atoms with Crippen LogP contribution in [0.1, 0.15) is 25.8 Å². The molecule has 178 valence electrons. The van der Waals surface area contributed by atoms with Crippen LogP contribution in [-0.4, -0.2) is 38.1 Å². The number of benzene rings is 2. The van der Waals surface area contributed by atoms with Crippen molar-refractivity contribution in [3.05, 3.63) is 95.3 Å². The van der Waals surface area contributed by atoms with Gasteiger partial charge in [-0.25, -0.2) is 0 Å². The van der Waals surface area contributed by atoms with Gasteiger partial charge in [-0.2, -0.15) is 0 Å². The molecule has 2 aromatic carbocycles. The van der Waals surface area contributed by atoms with E-state index in [9.17, 15) is 9.59 Å². The van der Waals surface area contributed by atoms with Crippen molar-refractivity contribution in [3.63, 3.8) is 0 Å². The molecule has 0 bridgehead atoms. The van der Waals surface area contributed by atoms with Gasteiger partial charge in [-0.3, -0.25) is 9.59 Å². The van der Waals surface area contributed by atoms with Crippen molar-refractivity contribution in [1.29, 1.82) is 0 Å². The minimum atomic E-state index is -0.321. The number of amides is 2. The highest BCUT2D eigenvalue weighted by molar-refractivity contribution is 7.18. The third-order valence-electron chi connectivity index (χ3n) is 5.70. The Kier molecular flexibility index (Phi) is 6.92. The molecule has 0 spiro atoms. The zero-order valence-corrected chi connectivity index (χ0v) is 19.8. The highest BCUT2D eigenvalue weighted by Crippen LogP contribution is 2.39. The van der Waals surface area contributed by atoms with Gasteiger partial charge in [0.2, 0.25) is 0 Å². The third-order valence-corrected chi connectivity index (χ3v) is 6.90. The molecule has 3 heterocycles. The SMILES string of the molecule is O=C(Nc1cccc(CNC(=O)c2cc(-c3ccccc3)c(N3CCOCC3)s2)c1)c1ccco1. The molecule has 4 aromatic rings. The summed E-state index contributed by atoms with van der Waals surface area (Å²) >= 11 is 1.51. The number of nitrogens with zero attached hydrogens (tertiary/aromatic N) is 1. The number of hydrogen-bond donors (Lipinski definition) is 2. The number of carbonyl (C=O) groups is 2. The molecule has 0 unspecified atom stereocenters. The van der Waals surface area contributed by atoms with Gasteiger partial charge in [-0.15, -0.1) is 11.3 Å². The van der Waals surface area contributed by atoms with Crippen LogP contribution < -0.4 is 15.5 Å². The van der Waals surface area contributed by atoms with Gasteiger partial charge in [0.15, 0.2) is 5.76 Å². The van der Waals surface area contributed by atoms with Crippen LogP contribution in [0.2, 0.25) is 0 Å². The summed E-state index contributed by atoms with van der Waals surface area (Å²) in [6.45, 7) is 3.31. The van der Waals surface area contributed by atoms with Gasteiger partial charge in [-0.1, -0.05) is 42.5 Å². The quantitative estimate of drug-likeness (QED) is 0.382. The number of morpholine rings is 1. The molecule has 2 amide bonds. The molecular formula is C27H25N3O4S. The van der Waals surface area contributed by atoms with Crippen molar-refractivity contribution in [3.8, 4) is 11.1 Å². The Labute approximate surface area is 207 Å². The molecule has 0 radical (unpaired) electrons. The first-order chi connectivity index (χ1) is 17.2. The Morgan fingerprint density at radius 1 is 0.914 bits per heavy atom. The number of thiophene rings is 1. The second-order valence-corrected chi connectivity index (χ2v) is 9.14. The van der Waals surface area contributed by atoms with Gasteiger partial charge < -0.3 is 24.7 Å². The number of furan rings is 1. The molecule has 1 aliphatic rings. The molecular weight excluding hydrogens is 462 g/mol. The smallest absolute Gasteiger partial charge is 0.291 e. The lowest BCUT2D eigenvalue weighted by atomic mass is 10.1. The summed E-state index contributed by atoms with van der Waals surface area (Å²) in [6, 6.07) is 22.8. The molecule has 1 fully saturated rings. The highest BCUT2D eigenvalue weighted by Gasteiger charge is 2.22. The zero-order valence-electron chi connectivity index (χ0n) is 19.0. The number of carbonyl (C=O) groups excluding carboxylic acids is 2. The standard InChI is InChI=1S/C27H25N3O4S/c31-25(23-10-5-13-34-23)29-21-9-4-6-19(16-21)18-28-26(32)24-17-22(20-7-2-1-3-8-20)27(35-24)30-11-14-33-15-12-30/h1-10,13,16-17H,11-12,14-15,18H2,(H,28,32)(H,29,31). The van der Waals surface area contributed by atoms with E-state index in [0.29, 0.717) is 30.3 Å². The van der Waals surface area contributed by atoms with E-state index in [-0.39, 0.29) is 17.6 Å². The predicted molar refractivity (Wildman–Crippen MR) is 137 cm³/mol. The number of anilines is 2. The molecule has 2 N–H and O–H groups in total. The fourth-order valence-electron chi connectivity index (χ4n) is 3.95. The Morgan fingerprint density at radius 2 is 1.74 bits per heavy atom. The minimum absolute atomic E-state index is 0.128. The van der Waals surface area contributed by atoms with Crippen LogP contribution in [0.3, 0.4) is 0 Å². The lowest BCUT2D eigenvalue weighted by Gasteiger charge is -2.28. The highest BCUT2D eigenvalue weighted by atomic mass is 32.1. The number of rotatable bonds is 7. The van der Waals surface area contributed by atoms with E-state index >= 15 is 0 Å². The molecule has 8 heteroatoms. The van der Waals surface area contributed by atoms with Crippen LogP contribution >= 0.6 is 11.3 Å². The van der Waals surface area contributed by atoms with Crippen LogP contribution in [-0.2, 0) is 11.3 Å². The second kappa shape index (κ2) is 10.6. The van der Waals surface area contributed by atoms with Gasteiger partial charge in [0.1, 0.15) is 0 Å². The first-order valence-electron chi connectivity index (χ1n) is 11.4. The molecule has 2 aromatic heterocycles. The summed E-state index contributed by atoms with van der Waals surface area (Å²) in [5.74, 6) is -0.206. The Hall–Kier alpha value is -3.88. The lowest BCUT2D eigenvalue weighted by molar-refractivity contribution is 0.0953. The van der Waals surface area contributed by atoms with Gasteiger partial charge in [-0.05, 0) is 41.5 Å². The van der Waals surface area contributed by atoms with Crippen LogP contribution in [0.15, 0.2) is 83.5 Å². The van der Waals surface area contributed by atoms with Gasteiger partial charge >= 0.3 is 0 Å². The molecule has 0 aliphatic carbocycles. The van der Waals surface area contributed by atoms with Crippen molar-refractivity contribution >= 4 is 33.8 Å². The van der Waals surface area contributed by atoms with Gasteiger partial charge in [0, 0.05) is 30.9 Å². The first kappa shape index (κ1) is 22.9. The van der Waals surface area contributed by atoms with Crippen molar-refractivity contribution in [2.24, 2.45) is 0 Å². The molecule has 35 heavy (non-hydrogen) atoms. The predicted octanol–water partition coefficient (Wildman–Crippen LogP) is 5.03. The summed E-state index contributed by atoms with van der Waals surface area (Å²) in [5, 5.41) is 6.92. The number of hydrogen-bond acceptors (Lipinski definition) is 6. The Morgan fingerprint density at radius 3 is 2.51 bits per heavy atom. The van der Waals surface area contributed by atoms with Crippen molar-refractivity contribution in [2.45, 2.75) is 6.54 Å². The maximum absolute atomic E-state index is 13.1. The summed E-state index contributed by atoms with van der Waals surface area (Å²) in [5.41, 5.74) is 3.66. The number of nitrogens with one attached hydrogen (secondary N) is 2. The average Bonchev–Trinajstić information content (AvgIpc) is 3.60. The average molecular weight is 488 g/mol. The number of ether oxygens (including phenoxy) is 1. The zero-order chi connectivity index (χ0) is 24.0. The lowest BCUT2D eigenvalue weighted by Crippen LogP contribution is -2.35. The molecule has 1 aliphatic heterocycles. The van der Waals surface area contributed by atoms with E-state index in [4.69, 9.17) is 9.15 Å². The van der Waals surface area contributed by atoms with E-state index in [1.807, 2.05) is 42.5 Å². The van der Waals surface area contributed by atoms with Gasteiger partial charge in [0.05, 0.1) is 29.4 Å². The van der Waals surface area contributed by atoms with Crippen LogP contribution in [0, 0.1) is 0 Å². The molecule has 0 saturated carbocycles. The fraction of sp³-hybridized carbons (Fsp3) is 0.185.